The van der Waals surface area contributed by atoms with Crippen LogP contribution in [0.3, 0.4) is 0 Å². The summed E-state index contributed by atoms with van der Waals surface area (Å²) in [4.78, 5) is 2.32. The first-order chi connectivity index (χ1) is 21.2. The first-order valence-electron chi connectivity index (χ1n) is 14.8. The maximum absolute atomic E-state index is 2.40. The second-order valence-electron chi connectivity index (χ2n) is 11.3. The molecule has 0 bridgehead atoms. The molecular weight excluding hydrogens is 522 g/mol. The van der Waals surface area contributed by atoms with Crippen molar-refractivity contribution in [2.45, 2.75) is 13.8 Å². The summed E-state index contributed by atoms with van der Waals surface area (Å²) >= 11 is 0. The predicted octanol–water partition coefficient (Wildman–Crippen LogP) is 10.8. The molecule has 3 nitrogen and oxygen atoms in total. The molecule has 6 aromatic carbocycles. The maximum Gasteiger partial charge on any atom is 0.0635 e. The van der Waals surface area contributed by atoms with Gasteiger partial charge in [0.1, 0.15) is 0 Å². The van der Waals surface area contributed by atoms with E-state index in [1.165, 1.54) is 49.5 Å². The Hall–Kier alpha value is -5.54. The fourth-order valence-corrected chi connectivity index (χ4v) is 6.34. The van der Waals surface area contributed by atoms with Gasteiger partial charge in [-0.2, -0.15) is 0 Å². The maximum atomic E-state index is 2.40. The molecule has 0 saturated carbocycles. The Balaban J connectivity index is 1.26. The highest BCUT2D eigenvalue weighted by atomic mass is 15.1. The molecule has 0 radical (unpaired) electrons. The Bertz CT molecular complexity index is 2170. The van der Waals surface area contributed by atoms with Crippen LogP contribution in [0.2, 0.25) is 0 Å². The van der Waals surface area contributed by atoms with E-state index in [9.17, 15) is 0 Å². The number of para-hydroxylation sites is 2. The van der Waals surface area contributed by atoms with E-state index in [2.05, 4.69) is 180 Å². The fraction of sp³-hybridized carbons (Fsp3) is 0.0500. The molecule has 43 heavy (non-hydrogen) atoms. The average molecular weight is 554 g/mol. The topological polar surface area (TPSA) is 13.1 Å². The SMILES string of the molecule is Cc1ccc(N(c2ccc(C)cc2)c2ccc(-n3ccc4c3ccc3c5ccccc5n(-c5ccccc5)c34)cc2)cc1. The van der Waals surface area contributed by atoms with Crippen molar-refractivity contribution in [3.05, 3.63) is 163 Å². The molecule has 0 spiro atoms. The molecule has 0 amide bonds. The van der Waals surface area contributed by atoms with Crippen LogP contribution in [0.5, 0.6) is 0 Å². The lowest BCUT2D eigenvalue weighted by Gasteiger charge is -2.26. The quantitative estimate of drug-likeness (QED) is 0.207. The third-order valence-corrected chi connectivity index (χ3v) is 8.49. The van der Waals surface area contributed by atoms with Crippen molar-refractivity contribution in [1.29, 1.82) is 0 Å². The van der Waals surface area contributed by atoms with Crippen LogP contribution >= 0.6 is 0 Å². The van der Waals surface area contributed by atoms with Crippen LogP contribution < -0.4 is 4.90 Å². The van der Waals surface area contributed by atoms with Crippen molar-refractivity contribution < 1.29 is 0 Å². The number of aryl methyl sites for hydroxylation is 2. The Morgan fingerprint density at radius 3 is 1.65 bits per heavy atom. The summed E-state index contributed by atoms with van der Waals surface area (Å²) in [5, 5.41) is 3.78. The summed E-state index contributed by atoms with van der Waals surface area (Å²) in [6.45, 7) is 4.26. The van der Waals surface area contributed by atoms with Crippen molar-refractivity contribution in [2.75, 3.05) is 4.90 Å². The van der Waals surface area contributed by atoms with E-state index >= 15 is 0 Å². The van der Waals surface area contributed by atoms with E-state index < -0.39 is 0 Å². The normalized spacial score (nSPS) is 11.5. The van der Waals surface area contributed by atoms with Gasteiger partial charge >= 0.3 is 0 Å². The van der Waals surface area contributed by atoms with Crippen LogP contribution in [-0.2, 0) is 0 Å². The van der Waals surface area contributed by atoms with E-state index in [1.54, 1.807) is 0 Å². The summed E-state index contributed by atoms with van der Waals surface area (Å²) in [5.74, 6) is 0. The van der Waals surface area contributed by atoms with Crippen molar-refractivity contribution in [3.63, 3.8) is 0 Å². The largest absolute Gasteiger partial charge is 0.316 e. The van der Waals surface area contributed by atoms with Gasteiger partial charge < -0.3 is 14.0 Å². The van der Waals surface area contributed by atoms with Gasteiger partial charge in [-0.15, -0.1) is 0 Å². The van der Waals surface area contributed by atoms with Gasteiger partial charge in [-0.1, -0.05) is 77.9 Å². The second kappa shape index (κ2) is 10.1. The van der Waals surface area contributed by atoms with Gasteiger partial charge in [0.25, 0.3) is 0 Å². The van der Waals surface area contributed by atoms with E-state index in [-0.39, 0.29) is 0 Å². The molecule has 0 aliphatic rings. The van der Waals surface area contributed by atoms with Crippen LogP contribution in [0, 0.1) is 13.8 Å². The lowest BCUT2D eigenvalue weighted by Crippen LogP contribution is -2.10. The highest BCUT2D eigenvalue weighted by Crippen LogP contribution is 2.39. The number of aromatic nitrogens is 2. The number of benzene rings is 6. The van der Waals surface area contributed by atoms with E-state index in [4.69, 9.17) is 0 Å². The van der Waals surface area contributed by atoms with Crippen LogP contribution in [0.4, 0.5) is 17.1 Å². The lowest BCUT2D eigenvalue weighted by atomic mass is 10.1. The molecular formula is C40H31N3. The number of fused-ring (bicyclic) bond motifs is 5. The molecule has 2 heterocycles. The zero-order chi connectivity index (χ0) is 28.9. The summed E-state index contributed by atoms with van der Waals surface area (Å²) in [5.41, 5.74) is 11.9. The van der Waals surface area contributed by atoms with Crippen LogP contribution in [-0.4, -0.2) is 9.13 Å². The molecule has 0 saturated heterocycles. The van der Waals surface area contributed by atoms with Crippen molar-refractivity contribution >= 4 is 49.8 Å². The van der Waals surface area contributed by atoms with E-state index in [1.807, 2.05) is 0 Å². The molecule has 206 valence electrons. The minimum absolute atomic E-state index is 1.12. The van der Waals surface area contributed by atoms with Gasteiger partial charge in [0.05, 0.1) is 16.6 Å². The third kappa shape index (κ3) is 4.21. The molecule has 2 aromatic heterocycles. The number of rotatable bonds is 5. The number of nitrogens with zero attached hydrogens (tertiary/aromatic N) is 3. The molecule has 0 N–H and O–H groups in total. The fourth-order valence-electron chi connectivity index (χ4n) is 6.34. The molecule has 0 unspecified atom stereocenters. The number of hydrogen-bond acceptors (Lipinski definition) is 1. The highest BCUT2D eigenvalue weighted by molar-refractivity contribution is 6.18. The Kier molecular flexibility index (Phi) is 5.90. The molecule has 8 rings (SSSR count). The van der Waals surface area contributed by atoms with Crippen molar-refractivity contribution in [1.82, 2.24) is 9.13 Å². The Morgan fingerprint density at radius 1 is 0.419 bits per heavy atom. The Labute approximate surface area is 251 Å². The van der Waals surface area contributed by atoms with Crippen molar-refractivity contribution in [3.8, 4) is 11.4 Å². The molecule has 3 heteroatoms. The lowest BCUT2D eigenvalue weighted by molar-refractivity contribution is 1.12. The summed E-state index contributed by atoms with van der Waals surface area (Å²) < 4.78 is 4.70. The van der Waals surface area contributed by atoms with Gasteiger partial charge in [-0.25, -0.2) is 0 Å². The van der Waals surface area contributed by atoms with Crippen LogP contribution in [0.25, 0.3) is 44.1 Å². The standard InChI is InChI=1S/C40H31N3/c1-28-12-16-32(17-13-28)42(33-18-14-29(2)15-19-33)34-22-20-30(21-23-34)41-27-26-37-38(41)25-24-36-35-10-6-7-11-39(35)43(40(36)37)31-8-4-3-5-9-31/h3-27H,1-2H3. The number of hydrogen-bond donors (Lipinski definition) is 0. The molecule has 0 fully saturated rings. The highest BCUT2D eigenvalue weighted by Gasteiger charge is 2.17. The van der Waals surface area contributed by atoms with Gasteiger partial charge in [0.15, 0.2) is 0 Å². The minimum Gasteiger partial charge on any atom is -0.316 e. The number of anilines is 3. The molecule has 0 aliphatic heterocycles. The predicted molar refractivity (Wildman–Crippen MR) is 182 cm³/mol. The second-order valence-corrected chi connectivity index (χ2v) is 11.3. The smallest absolute Gasteiger partial charge is 0.0635 e. The summed E-state index contributed by atoms with van der Waals surface area (Å²) in [6, 6.07) is 52.5. The molecule has 0 aliphatic carbocycles. The van der Waals surface area contributed by atoms with Gasteiger partial charge in [0.2, 0.25) is 0 Å². The summed E-state index contributed by atoms with van der Waals surface area (Å²) in [7, 11) is 0. The minimum atomic E-state index is 1.12. The molecule has 8 aromatic rings. The third-order valence-electron chi connectivity index (χ3n) is 8.49. The van der Waals surface area contributed by atoms with Gasteiger partial charge in [0, 0.05) is 50.8 Å². The van der Waals surface area contributed by atoms with E-state index in [0.29, 0.717) is 0 Å². The van der Waals surface area contributed by atoms with E-state index in [0.717, 1.165) is 22.7 Å². The van der Waals surface area contributed by atoms with Crippen LogP contribution in [0.1, 0.15) is 11.1 Å². The zero-order valence-corrected chi connectivity index (χ0v) is 24.3. The van der Waals surface area contributed by atoms with Crippen molar-refractivity contribution in [2.24, 2.45) is 0 Å². The monoisotopic (exact) mass is 553 g/mol. The Morgan fingerprint density at radius 2 is 1.00 bits per heavy atom. The first kappa shape index (κ1) is 25.2. The molecule has 0 atom stereocenters. The first-order valence-corrected chi connectivity index (χ1v) is 14.8. The zero-order valence-electron chi connectivity index (χ0n) is 24.3. The summed E-state index contributed by atoms with van der Waals surface area (Å²) in [6.07, 6.45) is 2.20. The van der Waals surface area contributed by atoms with Gasteiger partial charge in [-0.05, 0) is 92.7 Å². The average Bonchev–Trinajstić information content (AvgIpc) is 3.63. The van der Waals surface area contributed by atoms with Gasteiger partial charge in [-0.3, -0.25) is 0 Å². The van der Waals surface area contributed by atoms with Crippen LogP contribution in [0.15, 0.2) is 152 Å².